The molecule has 0 saturated heterocycles. The van der Waals surface area contributed by atoms with E-state index in [1.807, 2.05) is 11.5 Å². The van der Waals surface area contributed by atoms with Crippen LogP contribution in [-0.2, 0) is 13.0 Å². The van der Waals surface area contributed by atoms with E-state index in [9.17, 15) is 9.90 Å². The van der Waals surface area contributed by atoms with Crippen molar-refractivity contribution >= 4 is 0 Å². The molecule has 15 heavy (non-hydrogen) atoms. The summed E-state index contributed by atoms with van der Waals surface area (Å²) >= 11 is 0. The molecule has 0 radical (unpaired) electrons. The van der Waals surface area contributed by atoms with E-state index in [0.29, 0.717) is 6.42 Å². The predicted molar refractivity (Wildman–Crippen MR) is 61.3 cm³/mol. The van der Waals surface area contributed by atoms with Crippen LogP contribution in [-0.4, -0.2) is 9.67 Å². The van der Waals surface area contributed by atoms with Gasteiger partial charge in [0, 0.05) is 18.8 Å². The standard InChI is InChI=1S/C12H19NO2/c1-3-5-6-8-13-9-7-11(14)12(15)10(13)4-2/h7,9,15H,3-6,8H2,1-2H3. The monoisotopic (exact) mass is 209 g/mol. The molecule has 3 heteroatoms. The Bertz CT molecular complexity index is 368. The predicted octanol–water partition coefficient (Wildman–Crippen LogP) is 2.31. The Balaban J connectivity index is 2.87. The van der Waals surface area contributed by atoms with Crippen LogP contribution in [0.25, 0.3) is 0 Å². The molecule has 0 amide bonds. The maximum atomic E-state index is 11.2. The number of hydrogen-bond donors (Lipinski definition) is 1. The molecular weight excluding hydrogens is 190 g/mol. The fourth-order valence-electron chi connectivity index (χ4n) is 1.72. The van der Waals surface area contributed by atoms with Gasteiger partial charge in [0.2, 0.25) is 5.43 Å². The highest BCUT2D eigenvalue weighted by Gasteiger charge is 2.07. The van der Waals surface area contributed by atoms with E-state index in [0.717, 1.165) is 18.7 Å². The number of aromatic hydroxyl groups is 1. The van der Waals surface area contributed by atoms with Crippen molar-refractivity contribution in [3.05, 3.63) is 28.2 Å². The third kappa shape index (κ3) is 2.85. The lowest BCUT2D eigenvalue weighted by molar-refractivity contribution is 0.446. The minimum atomic E-state index is -0.279. The largest absolute Gasteiger partial charge is 0.503 e. The van der Waals surface area contributed by atoms with Crippen molar-refractivity contribution in [3.63, 3.8) is 0 Å². The van der Waals surface area contributed by atoms with Crippen molar-refractivity contribution in [2.75, 3.05) is 0 Å². The molecule has 1 aromatic rings. The van der Waals surface area contributed by atoms with Gasteiger partial charge in [0.05, 0.1) is 5.69 Å². The van der Waals surface area contributed by atoms with E-state index in [2.05, 4.69) is 6.92 Å². The Kier molecular flexibility index (Phi) is 4.40. The second-order valence-corrected chi connectivity index (χ2v) is 3.73. The first-order valence-corrected chi connectivity index (χ1v) is 5.62. The third-order valence-corrected chi connectivity index (χ3v) is 2.60. The highest BCUT2D eigenvalue weighted by molar-refractivity contribution is 5.26. The molecule has 0 atom stereocenters. The van der Waals surface area contributed by atoms with Gasteiger partial charge < -0.3 is 9.67 Å². The van der Waals surface area contributed by atoms with E-state index < -0.39 is 0 Å². The van der Waals surface area contributed by atoms with Gasteiger partial charge >= 0.3 is 0 Å². The minimum absolute atomic E-state index is 0.0866. The molecule has 0 aliphatic heterocycles. The van der Waals surface area contributed by atoms with E-state index in [-0.39, 0.29) is 11.2 Å². The summed E-state index contributed by atoms with van der Waals surface area (Å²) in [6.45, 7) is 4.99. The van der Waals surface area contributed by atoms with Gasteiger partial charge in [-0.15, -0.1) is 0 Å². The van der Waals surface area contributed by atoms with Crippen molar-refractivity contribution in [2.24, 2.45) is 0 Å². The number of hydrogen-bond acceptors (Lipinski definition) is 2. The van der Waals surface area contributed by atoms with Gasteiger partial charge in [-0.25, -0.2) is 0 Å². The third-order valence-electron chi connectivity index (χ3n) is 2.60. The molecular formula is C12H19NO2. The van der Waals surface area contributed by atoms with Crippen molar-refractivity contribution in [1.82, 2.24) is 4.57 Å². The average molecular weight is 209 g/mol. The quantitative estimate of drug-likeness (QED) is 0.756. The molecule has 84 valence electrons. The Hall–Kier alpha value is -1.25. The zero-order chi connectivity index (χ0) is 11.3. The summed E-state index contributed by atoms with van der Waals surface area (Å²) in [5.74, 6) is -0.0866. The van der Waals surface area contributed by atoms with Crippen LogP contribution in [0.5, 0.6) is 5.75 Å². The lowest BCUT2D eigenvalue weighted by Crippen LogP contribution is -2.12. The molecule has 1 rings (SSSR count). The molecule has 1 heterocycles. The highest BCUT2D eigenvalue weighted by atomic mass is 16.3. The molecule has 0 aliphatic carbocycles. The number of unbranched alkanes of at least 4 members (excludes halogenated alkanes) is 2. The smallest absolute Gasteiger partial charge is 0.223 e. The zero-order valence-corrected chi connectivity index (χ0v) is 9.49. The van der Waals surface area contributed by atoms with Crippen molar-refractivity contribution < 1.29 is 5.11 Å². The molecule has 0 aromatic carbocycles. The minimum Gasteiger partial charge on any atom is -0.503 e. The Labute approximate surface area is 90.4 Å². The van der Waals surface area contributed by atoms with Gasteiger partial charge in [0.25, 0.3) is 0 Å². The van der Waals surface area contributed by atoms with E-state index in [1.54, 1.807) is 6.20 Å². The Morgan fingerprint density at radius 2 is 2.07 bits per heavy atom. The van der Waals surface area contributed by atoms with Crippen LogP contribution in [0.4, 0.5) is 0 Å². The molecule has 0 bridgehead atoms. The summed E-state index contributed by atoms with van der Waals surface area (Å²) in [6.07, 6.45) is 5.90. The molecule has 1 aromatic heterocycles. The van der Waals surface area contributed by atoms with Crippen molar-refractivity contribution in [2.45, 2.75) is 46.1 Å². The average Bonchev–Trinajstić information content (AvgIpc) is 2.24. The summed E-state index contributed by atoms with van der Waals surface area (Å²) in [5.41, 5.74) is 0.470. The molecule has 0 spiro atoms. The van der Waals surface area contributed by atoms with Crippen LogP contribution in [0.3, 0.4) is 0 Å². The molecule has 1 N–H and O–H groups in total. The molecule has 0 saturated carbocycles. The summed E-state index contributed by atoms with van der Waals surface area (Å²) < 4.78 is 1.98. The lowest BCUT2D eigenvalue weighted by Gasteiger charge is -2.12. The summed E-state index contributed by atoms with van der Waals surface area (Å²) in [5, 5.41) is 9.60. The maximum Gasteiger partial charge on any atom is 0.223 e. The normalized spacial score (nSPS) is 10.5. The molecule has 0 unspecified atom stereocenters. The van der Waals surface area contributed by atoms with Crippen LogP contribution in [0.15, 0.2) is 17.1 Å². The van der Waals surface area contributed by atoms with Gasteiger partial charge in [-0.2, -0.15) is 0 Å². The topological polar surface area (TPSA) is 42.2 Å². The lowest BCUT2D eigenvalue weighted by atomic mass is 10.2. The first kappa shape index (κ1) is 11.8. The fourth-order valence-corrected chi connectivity index (χ4v) is 1.72. The molecule has 3 nitrogen and oxygen atoms in total. The fraction of sp³-hybridized carbons (Fsp3) is 0.583. The zero-order valence-electron chi connectivity index (χ0n) is 9.49. The first-order valence-electron chi connectivity index (χ1n) is 5.62. The van der Waals surface area contributed by atoms with E-state index in [1.165, 1.54) is 18.9 Å². The number of aromatic nitrogens is 1. The van der Waals surface area contributed by atoms with Crippen molar-refractivity contribution in [1.29, 1.82) is 0 Å². The molecule has 0 aliphatic rings. The van der Waals surface area contributed by atoms with E-state index >= 15 is 0 Å². The number of nitrogens with zero attached hydrogens (tertiary/aromatic N) is 1. The highest BCUT2D eigenvalue weighted by Crippen LogP contribution is 2.13. The van der Waals surface area contributed by atoms with Gasteiger partial charge in [-0.3, -0.25) is 4.79 Å². The maximum absolute atomic E-state index is 11.2. The Morgan fingerprint density at radius 3 is 2.67 bits per heavy atom. The first-order chi connectivity index (χ1) is 7.20. The van der Waals surface area contributed by atoms with Crippen molar-refractivity contribution in [3.8, 4) is 5.75 Å². The summed E-state index contributed by atoms with van der Waals surface area (Å²) in [6, 6.07) is 1.43. The van der Waals surface area contributed by atoms with Crippen LogP contribution >= 0.6 is 0 Å². The van der Waals surface area contributed by atoms with Gasteiger partial charge in [-0.05, 0) is 12.8 Å². The number of rotatable bonds is 5. The van der Waals surface area contributed by atoms with Crippen LogP contribution in [0.2, 0.25) is 0 Å². The Morgan fingerprint density at radius 1 is 1.33 bits per heavy atom. The van der Waals surface area contributed by atoms with Crippen LogP contribution in [0.1, 0.15) is 38.8 Å². The summed E-state index contributed by atoms with van der Waals surface area (Å²) in [4.78, 5) is 11.2. The van der Waals surface area contributed by atoms with E-state index in [4.69, 9.17) is 0 Å². The van der Waals surface area contributed by atoms with Crippen LogP contribution < -0.4 is 5.43 Å². The summed E-state index contributed by atoms with van der Waals surface area (Å²) in [7, 11) is 0. The second kappa shape index (κ2) is 5.59. The second-order valence-electron chi connectivity index (χ2n) is 3.73. The SMILES string of the molecule is CCCCCn1ccc(=O)c(O)c1CC. The van der Waals surface area contributed by atoms with Gasteiger partial charge in [0.15, 0.2) is 5.75 Å². The van der Waals surface area contributed by atoms with Crippen LogP contribution in [0, 0.1) is 0 Å². The number of pyridine rings is 1. The molecule has 0 fully saturated rings. The van der Waals surface area contributed by atoms with Gasteiger partial charge in [0.1, 0.15) is 0 Å². The number of aryl methyl sites for hydroxylation is 1. The van der Waals surface area contributed by atoms with Gasteiger partial charge in [-0.1, -0.05) is 26.7 Å².